The van der Waals surface area contributed by atoms with Gasteiger partial charge in [-0.15, -0.1) is 0 Å². The SMILES string of the molecule is CC1=CCN(c2cc3c(cc2F)C(=O)C(=O)N3)CC1. The predicted octanol–water partition coefficient (Wildman–Crippen LogP) is 2.12. The molecule has 1 aromatic carbocycles. The number of carbonyl (C=O) groups excluding carboxylic acids is 2. The first-order valence-electron chi connectivity index (χ1n) is 6.16. The zero-order valence-corrected chi connectivity index (χ0v) is 10.5. The van der Waals surface area contributed by atoms with Crippen LogP contribution in [0.3, 0.4) is 0 Å². The van der Waals surface area contributed by atoms with Gasteiger partial charge in [0.05, 0.1) is 16.9 Å². The minimum Gasteiger partial charge on any atom is -0.365 e. The Balaban J connectivity index is 1.99. The fourth-order valence-corrected chi connectivity index (χ4v) is 2.39. The van der Waals surface area contributed by atoms with E-state index in [4.69, 9.17) is 0 Å². The maximum absolute atomic E-state index is 14.1. The summed E-state index contributed by atoms with van der Waals surface area (Å²) in [6.45, 7) is 3.43. The molecule has 5 heteroatoms. The molecule has 19 heavy (non-hydrogen) atoms. The molecule has 2 heterocycles. The van der Waals surface area contributed by atoms with Crippen molar-refractivity contribution in [2.24, 2.45) is 0 Å². The number of carbonyl (C=O) groups is 2. The molecule has 0 saturated heterocycles. The number of hydrogen-bond acceptors (Lipinski definition) is 3. The van der Waals surface area contributed by atoms with Gasteiger partial charge in [0.1, 0.15) is 5.82 Å². The Bertz CT molecular complexity index is 622. The van der Waals surface area contributed by atoms with Crippen molar-refractivity contribution in [1.82, 2.24) is 0 Å². The Morgan fingerprint density at radius 2 is 2.11 bits per heavy atom. The molecular weight excluding hydrogens is 247 g/mol. The third-order valence-electron chi connectivity index (χ3n) is 3.56. The maximum atomic E-state index is 14.1. The van der Waals surface area contributed by atoms with Crippen LogP contribution >= 0.6 is 0 Å². The number of fused-ring (bicyclic) bond motifs is 1. The molecule has 0 aliphatic carbocycles. The van der Waals surface area contributed by atoms with Gasteiger partial charge < -0.3 is 10.2 Å². The molecule has 1 aromatic rings. The highest BCUT2D eigenvalue weighted by molar-refractivity contribution is 6.51. The highest BCUT2D eigenvalue weighted by Crippen LogP contribution is 2.32. The molecule has 1 N–H and O–H groups in total. The van der Waals surface area contributed by atoms with Crippen LogP contribution in [-0.2, 0) is 4.79 Å². The lowest BCUT2D eigenvalue weighted by Gasteiger charge is -2.28. The Kier molecular flexibility index (Phi) is 2.62. The first-order chi connectivity index (χ1) is 9.06. The molecule has 1 amide bonds. The molecule has 3 rings (SSSR count). The number of Topliss-reactive ketones (excluding diaryl/α,β-unsaturated/α-hetero) is 1. The Labute approximate surface area is 109 Å². The summed E-state index contributed by atoms with van der Waals surface area (Å²) in [5.41, 5.74) is 2.24. The number of ketones is 1. The summed E-state index contributed by atoms with van der Waals surface area (Å²) in [6.07, 6.45) is 2.95. The molecule has 0 radical (unpaired) electrons. The second-order valence-electron chi connectivity index (χ2n) is 4.88. The highest BCUT2D eigenvalue weighted by Gasteiger charge is 2.30. The monoisotopic (exact) mass is 260 g/mol. The average Bonchev–Trinajstić information content (AvgIpc) is 2.66. The molecule has 4 nitrogen and oxygen atoms in total. The van der Waals surface area contributed by atoms with Gasteiger partial charge in [-0.05, 0) is 25.5 Å². The van der Waals surface area contributed by atoms with Crippen LogP contribution in [0.2, 0.25) is 0 Å². The van der Waals surface area contributed by atoms with Crippen LogP contribution in [0.15, 0.2) is 23.8 Å². The molecule has 0 aromatic heterocycles. The highest BCUT2D eigenvalue weighted by atomic mass is 19.1. The van der Waals surface area contributed by atoms with Gasteiger partial charge >= 0.3 is 0 Å². The first-order valence-corrected chi connectivity index (χ1v) is 6.16. The van der Waals surface area contributed by atoms with Gasteiger partial charge in [0.15, 0.2) is 0 Å². The van der Waals surface area contributed by atoms with Crippen molar-refractivity contribution in [2.45, 2.75) is 13.3 Å². The molecule has 0 saturated carbocycles. The summed E-state index contributed by atoms with van der Waals surface area (Å²) in [6, 6.07) is 2.69. The maximum Gasteiger partial charge on any atom is 0.296 e. The standard InChI is InChI=1S/C14H13FN2O2/c1-8-2-4-17(5-3-8)12-7-11-9(6-10(12)15)13(18)14(19)16-11/h2,6-7H,3-5H2,1H3,(H,16,18,19). The number of amides is 1. The summed E-state index contributed by atoms with van der Waals surface area (Å²) in [5.74, 6) is -1.83. The minimum absolute atomic E-state index is 0.120. The van der Waals surface area contributed by atoms with Crippen LogP contribution in [0.4, 0.5) is 15.8 Å². The summed E-state index contributed by atoms with van der Waals surface area (Å²) in [4.78, 5) is 24.6. The smallest absolute Gasteiger partial charge is 0.296 e. The second kappa shape index (κ2) is 4.19. The summed E-state index contributed by atoms with van der Waals surface area (Å²) < 4.78 is 14.1. The Morgan fingerprint density at radius 1 is 1.32 bits per heavy atom. The van der Waals surface area contributed by atoms with Crippen molar-refractivity contribution >= 4 is 23.1 Å². The Morgan fingerprint density at radius 3 is 2.79 bits per heavy atom. The summed E-state index contributed by atoms with van der Waals surface area (Å²) in [7, 11) is 0. The zero-order valence-electron chi connectivity index (χ0n) is 10.5. The molecule has 0 spiro atoms. The molecule has 0 unspecified atom stereocenters. The van der Waals surface area contributed by atoms with Gasteiger partial charge in [-0.1, -0.05) is 11.6 Å². The summed E-state index contributed by atoms with van der Waals surface area (Å²) in [5, 5.41) is 2.47. The third kappa shape index (κ3) is 1.91. The van der Waals surface area contributed by atoms with Crippen LogP contribution in [0.25, 0.3) is 0 Å². The topological polar surface area (TPSA) is 49.4 Å². The van der Waals surface area contributed by atoms with Crippen LogP contribution in [0.1, 0.15) is 23.7 Å². The van der Waals surface area contributed by atoms with Gasteiger partial charge in [0.2, 0.25) is 0 Å². The molecule has 0 atom stereocenters. The minimum atomic E-state index is -0.694. The largest absolute Gasteiger partial charge is 0.365 e. The van der Waals surface area contributed by atoms with Gasteiger partial charge in [0.25, 0.3) is 11.7 Å². The lowest BCUT2D eigenvalue weighted by Crippen LogP contribution is -2.29. The number of nitrogens with zero attached hydrogens (tertiary/aromatic N) is 1. The van der Waals surface area contributed by atoms with E-state index in [0.29, 0.717) is 17.9 Å². The van der Waals surface area contributed by atoms with Gasteiger partial charge in [-0.2, -0.15) is 0 Å². The van der Waals surface area contributed by atoms with Gasteiger partial charge in [-0.25, -0.2) is 4.39 Å². The van der Waals surface area contributed by atoms with Crippen molar-refractivity contribution in [2.75, 3.05) is 23.3 Å². The lowest BCUT2D eigenvalue weighted by atomic mass is 10.1. The van der Waals surface area contributed by atoms with E-state index in [2.05, 4.69) is 18.3 Å². The van der Waals surface area contributed by atoms with E-state index in [-0.39, 0.29) is 5.56 Å². The van der Waals surface area contributed by atoms with Crippen molar-refractivity contribution in [3.8, 4) is 0 Å². The fourth-order valence-electron chi connectivity index (χ4n) is 2.39. The Hall–Kier alpha value is -2.17. The average molecular weight is 260 g/mol. The van der Waals surface area contributed by atoms with Crippen LogP contribution < -0.4 is 10.2 Å². The van der Waals surface area contributed by atoms with E-state index in [1.807, 2.05) is 4.90 Å². The molecule has 2 aliphatic heterocycles. The van der Waals surface area contributed by atoms with Crippen molar-refractivity contribution < 1.29 is 14.0 Å². The number of anilines is 2. The van der Waals surface area contributed by atoms with E-state index in [1.54, 1.807) is 6.07 Å². The predicted molar refractivity (Wildman–Crippen MR) is 69.9 cm³/mol. The second-order valence-corrected chi connectivity index (χ2v) is 4.88. The van der Waals surface area contributed by atoms with Crippen molar-refractivity contribution in [1.29, 1.82) is 0 Å². The first kappa shape index (κ1) is 11.9. The lowest BCUT2D eigenvalue weighted by molar-refractivity contribution is -0.112. The van der Waals surface area contributed by atoms with Crippen molar-refractivity contribution in [3.63, 3.8) is 0 Å². The van der Waals surface area contributed by atoms with Crippen LogP contribution in [0.5, 0.6) is 0 Å². The van der Waals surface area contributed by atoms with Gasteiger partial charge in [0, 0.05) is 13.1 Å². The normalized spacial score (nSPS) is 18.2. The number of hydrogen-bond donors (Lipinski definition) is 1. The van der Waals surface area contributed by atoms with E-state index in [1.165, 1.54) is 5.57 Å². The van der Waals surface area contributed by atoms with E-state index < -0.39 is 17.5 Å². The van der Waals surface area contributed by atoms with E-state index >= 15 is 0 Å². The fraction of sp³-hybridized carbons (Fsp3) is 0.286. The molecular formula is C14H13FN2O2. The quantitative estimate of drug-likeness (QED) is 0.621. The molecule has 0 fully saturated rings. The third-order valence-corrected chi connectivity index (χ3v) is 3.56. The number of halogens is 1. The molecule has 98 valence electrons. The number of benzene rings is 1. The van der Waals surface area contributed by atoms with E-state index in [9.17, 15) is 14.0 Å². The van der Waals surface area contributed by atoms with E-state index in [0.717, 1.165) is 19.0 Å². The molecule has 2 aliphatic rings. The van der Waals surface area contributed by atoms with Gasteiger partial charge in [-0.3, -0.25) is 9.59 Å². The van der Waals surface area contributed by atoms with Crippen LogP contribution in [0, 0.1) is 5.82 Å². The van der Waals surface area contributed by atoms with Crippen LogP contribution in [-0.4, -0.2) is 24.8 Å². The zero-order chi connectivity index (χ0) is 13.6. The molecule has 0 bridgehead atoms. The van der Waals surface area contributed by atoms with Crippen molar-refractivity contribution in [3.05, 3.63) is 35.2 Å². The number of nitrogens with one attached hydrogen (secondary N) is 1. The number of rotatable bonds is 1. The summed E-state index contributed by atoms with van der Waals surface area (Å²) >= 11 is 0.